The van der Waals surface area contributed by atoms with Crippen molar-refractivity contribution in [3.8, 4) is 11.8 Å². The molecule has 1 aromatic carbocycles. The maximum atomic E-state index is 6.29. The summed E-state index contributed by atoms with van der Waals surface area (Å²) in [6.07, 6.45) is 11.8. The first-order valence-electron chi connectivity index (χ1n) is 12.0. The van der Waals surface area contributed by atoms with Gasteiger partial charge in [-0.2, -0.15) is 0 Å². The molecule has 0 unspecified atom stereocenters. The number of hydrogen-bond acceptors (Lipinski definition) is 2. The molecular weight excluding hydrogens is 384 g/mol. The van der Waals surface area contributed by atoms with Gasteiger partial charge in [-0.3, -0.25) is 0 Å². The molecule has 1 rings (SSSR count). The lowest BCUT2D eigenvalue weighted by Gasteiger charge is -2.36. The molecule has 0 aliphatic rings. The number of ether oxygens (including phenoxy) is 1. The Labute approximate surface area is 188 Å². The van der Waals surface area contributed by atoms with Crippen LogP contribution < -0.4 is 0 Å². The summed E-state index contributed by atoms with van der Waals surface area (Å²) in [6.45, 7) is 15.5. The largest absolute Gasteiger partial charge is 0.413 e. The summed E-state index contributed by atoms with van der Waals surface area (Å²) in [6, 6.07) is 8.58. The van der Waals surface area contributed by atoms with Crippen LogP contribution in [0.5, 0.6) is 0 Å². The van der Waals surface area contributed by atoms with Crippen molar-refractivity contribution in [2.45, 2.75) is 117 Å². The fourth-order valence-electron chi connectivity index (χ4n) is 2.92. The smallest absolute Gasteiger partial charge is 0.192 e. The molecule has 0 heterocycles. The Morgan fingerprint density at radius 2 is 1.30 bits per heavy atom. The lowest BCUT2D eigenvalue weighted by atomic mass is 10.1. The monoisotopic (exact) mass is 430 g/mol. The van der Waals surface area contributed by atoms with Gasteiger partial charge in [-0.25, -0.2) is 0 Å². The zero-order valence-corrected chi connectivity index (χ0v) is 21.6. The molecule has 0 spiro atoms. The van der Waals surface area contributed by atoms with E-state index in [2.05, 4.69) is 76.9 Å². The van der Waals surface area contributed by atoms with Crippen LogP contribution in [-0.4, -0.2) is 14.9 Å². The third kappa shape index (κ3) is 11.9. The number of benzene rings is 1. The summed E-state index contributed by atoms with van der Waals surface area (Å²) in [5.74, 6) is 6.40. The molecule has 1 aromatic rings. The van der Waals surface area contributed by atoms with Gasteiger partial charge < -0.3 is 9.16 Å². The highest BCUT2D eigenvalue weighted by molar-refractivity contribution is 6.74. The molecule has 3 heteroatoms. The van der Waals surface area contributed by atoms with E-state index in [0.29, 0.717) is 19.8 Å². The zero-order valence-electron chi connectivity index (χ0n) is 20.6. The molecule has 0 atom stereocenters. The molecule has 30 heavy (non-hydrogen) atoms. The second-order valence-electron chi connectivity index (χ2n) is 9.94. The Hall–Kier alpha value is -1.08. The molecule has 0 radical (unpaired) electrons. The molecule has 0 amide bonds. The predicted molar refractivity (Wildman–Crippen MR) is 133 cm³/mol. The Kier molecular flexibility index (Phi) is 13.3. The number of unbranched alkanes of at least 4 members (excludes halogenated alkanes) is 8. The summed E-state index contributed by atoms with van der Waals surface area (Å²) in [4.78, 5) is 0. The van der Waals surface area contributed by atoms with Crippen LogP contribution in [0.2, 0.25) is 18.1 Å². The first-order chi connectivity index (χ1) is 14.3. The van der Waals surface area contributed by atoms with Gasteiger partial charge in [0.05, 0.1) is 13.2 Å². The molecule has 2 nitrogen and oxygen atoms in total. The van der Waals surface area contributed by atoms with Gasteiger partial charge in [0, 0.05) is 6.42 Å². The summed E-state index contributed by atoms with van der Waals surface area (Å²) >= 11 is 0. The summed E-state index contributed by atoms with van der Waals surface area (Å²) in [5, 5.41) is 0.246. The minimum atomic E-state index is -1.69. The van der Waals surface area contributed by atoms with Crippen LogP contribution in [-0.2, 0) is 22.4 Å². The average Bonchev–Trinajstić information content (AvgIpc) is 2.70. The Balaban J connectivity index is 2.13. The maximum Gasteiger partial charge on any atom is 0.192 e. The van der Waals surface area contributed by atoms with Gasteiger partial charge in [-0.15, -0.1) is 5.92 Å². The summed E-state index contributed by atoms with van der Waals surface area (Å²) in [7, 11) is -1.69. The minimum absolute atomic E-state index is 0.246. The fraction of sp³-hybridized carbons (Fsp3) is 0.704. The van der Waals surface area contributed by atoms with Gasteiger partial charge >= 0.3 is 0 Å². The quantitative estimate of drug-likeness (QED) is 0.168. The molecule has 0 saturated carbocycles. The van der Waals surface area contributed by atoms with Crippen LogP contribution in [0.4, 0.5) is 0 Å². The van der Waals surface area contributed by atoms with E-state index in [1.54, 1.807) is 0 Å². The van der Waals surface area contributed by atoms with Gasteiger partial charge in [0.15, 0.2) is 8.32 Å². The second-order valence-corrected chi connectivity index (χ2v) is 14.7. The Morgan fingerprint density at radius 1 is 0.767 bits per heavy atom. The lowest BCUT2D eigenvalue weighted by Crippen LogP contribution is -2.40. The van der Waals surface area contributed by atoms with E-state index in [9.17, 15) is 0 Å². The van der Waals surface area contributed by atoms with Crippen molar-refractivity contribution in [3.63, 3.8) is 0 Å². The molecule has 0 fully saturated rings. The average molecular weight is 431 g/mol. The summed E-state index contributed by atoms with van der Waals surface area (Å²) < 4.78 is 12.0. The van der Waals surface area contributed by atoms with E-state index < -0.39 is 8.32 Å². The molecule has 0 N–H and O–H groups in total. The Morgan fingerprint density at radius 3 is 1.87 bits per heavy atom. The third-order valence-corrected chi connectivity index (χ3v) is 10.6. The SMILES string of the molecule is CCCCCCCCCCC#CCOCc1ccc(CO[Si](C)(C)C(C)(C)C)cc1. The van der Waals surface area contributed by atoms with E-state index in [1.807, 2.05) is 0 Å². The zero-order chi connectivity index (χ0) is 22.3. The van der Waals surface area contributed by atoms with Crippen LogP contribution in [0.25, 0.3) is 0 Å². The van der Waals surface area contributed by atoms with E-state index in [4.69, 9.17) is 9.16 Å². The van der Waals surface area contributed by atoms with Crippen LogP contribution in [0.15, 0.2) is 24.3 Å². The van der Waals surface area contributed by atoms with Gasteiger partial charge in [0.25, 0.3) is 0 Å². The van der Waals surface area contributed by atoms with Crippen molar-refractivity contribution in [2.75, 3.05) is 6.61 Å². The summed E-state index contributed by atoms with van der Waals surface area (Å²) in [5.41, 5.74) is 2.42. The standard InChI is InChI=1S/C27H46O2Si/c1-7-8-9-10-11-12-13-14-15-16-17-22-28-23-25-18-20-26(21-19-25)24-29-30(5,6)27(2,3)4/h18-21H,7-15,22-24H2,1-6H3. The molecule has 0 aromatic heterocycles. The number of rotatable bonds is 14. The third-order valence-electron chi connectivity index (χ3n) is 6.15. The van der Waals surface area contributed by atoms with E-state index in [0.717, 1.165) is 6.42 Å². The maximum absolute atomic E-state index is 6.29. The van der Waals surface area contributed by atoms with E-state index in [-0.39, 0.29) is 5.04 Å². The van der Waals surface area contributed by atoms with E-state index >= 15 is 0 Å². The highest BCUT2D eigenvalue weighted by Crippen LogP contribution is 2.37. The van der Waals surface area contributed by atoms with Crippen molar-refractivity contribution in [3.05, 3.63) is 35.4 Å². The van der Waals surface area contributed by atoms with Crippen LogP contribution in [0, 0.1) is 11.8 Å². The van der Waals surface area contributed by atoms with Gasteiger partial charge in [-0.05, 0) is 35.7 Å². The van der Waals surface area contributed by atoms with Gasteiger partial charge in [-0.1, -0.05) is 103 Å². The highest BCUT2D eigenvalue weighted by Gasteiger charge is 2.36. The van der Waals surface area contributed by atoms with Crippen molar-refractivity contribution < 1.29 is 9.16 Å². The second kappa shape index (κ2) is 14.8. The van der Waals surface area contributed by atoms with Crippen molar-refractivity contribution in [2.24, 2.45) is 0 Å². The lowest BCUT2D eigenvalue weighted by molar-refractivity contribution is 0.153. The molecule has 0 aliphatic heterocycles. The van der Waals surface area contributed by atoms with E-state index in [1.165, 1.54) is 62.5 Å². The number of hydrogen-bond donors (Lipinski definition) is 0. The molecule has 0 bridgehead atoms. The minimum Gasteiger partial charge on any atom is -0.413 e. The topological polar surface area (TPSA) is 18.5 Å². The normalized spacial score (nSPS) is 11.9. The molecule has 0 saturated heterocycles. The molecular formula is C27H46O2Si. The molecule has 170 valence electrons. The van der Waals surface area contributed by atoms with Crippen LogP contribution >= 0.6 is 0 Å². The van der Waals surface area contributed by atoms with Crippen LogP contribution in [0.3, 0.4) is 0 Å². The Bertz CT molecular complexity index is 617. The van der Waals surface area contributed by atoms with Crippen molar-refractivity contribution in [1.29, 1.82) is 0 Å². The van der Waals surface area contributed by atoms with Crippen molar-refractivity contribution >= 4 is 8.32 Å². The fourth-order valence-corrected chi connectivity index (χ4v) is 3.88. The van der Waals surface area contributed by atoms with Gasteiger partial charge in [0.1, 0.15) is 6.61 Å². The first kappa shape index (κ1) is 27.0. The highest BCUT2D eigenvalue weighted by atomic mass is 28.4. The van der Waals surface area contributed by atoms with Crippen molar-refractivity contribution in [1.82, 2.24) is 0 Å². The van der Waals surface area contributed by atoms with Crippen LogP contribution in [0.1, 0.15) is 96.6 Å². The molecule has 0 aliphatic carbocycles. The predicted octanol–water partition coefficient (Wildman–Crippen LogP) is 8.26. The first-order valence-corrected chi connectivity index (χ1v) is 14.9. The van der Waals surface area contributed by atoms with Gasteiger partial charge in [0.2, 0.25) is 0 Å².